The van der Waals surface area contributed by atoms with Gasteiger partial charge in [-0.1, -0.05) is 12.1 Å². The standard InChI is InChI=1S/C23H23F3N4O5/c1-28-18-11-15(22(33)34-2)12-27-19(18)30(21(32)20(28)31)16-7-9-29(10-8-16)13-14-3-5-17(6-4-14)35-23(24,25)26/h3-6,11-12,16H,7-10,13H2,1-2H3. The third-order valence-corrected chi connectivity index (χ3v) is 6.05. The van der Waals surface area contributed by atoms with Crippen LogP contribution in [0.1, 0.15) is 34.8 Å². The van der Waals surface area contributed by atoms with Gasteiger partial charge in [0, 0.05) is 38.9 Å². The number of ether oxygens (including phenoxy) is 2. The summed E-state index contributed by atoms with van der Waals surface area (Å²) >= 11 is 0. The monoisotopic (exact) mass is 492 g/mol. The van der Waals surface area contributed by atoms with Gasteiger partial charge < -0.3 is 14.0 Å². The number of pyridine rings is 1. The topological polar surface area (TPSA) is 95.7 Å². The predicted octanol–water partition coefficient (Wildman–Crippen LogP) is 2.62. The summed E-state index contributed by atoms with van der Waals surface area (Å²) in [5, 5.41) is 0. The number of aromatic nitrogens is 3. The van der Waals surface area contributed by atoms with Gasteiger partial charge in [-0.3, -0.25) is 19.1 Å². The zero-order valence-electron chi connectivity index (χ0n) is 19.0. The number of carbonyl (C=O) groups is 1. The van der Waals surface area contributed by atoms with Crippen LogP contribution in [0.2, 0.25) is 0 Å². The van der Waals surface area contributed by atoms with E-state index in [0.29, 0.717) is 43.6 Å². The first-order chi connectivity index (χ1) is 16.6. The molecule has 1 aliphatic heterocycles. The molecule has 0 aliphatic carbocycles. The lowest BCUT2D eigenvalue weighted by Gasteiger charge is -2.33. The molecule has 0 unspecified atom stereocenters. The third-order valence-electron chi connectivity index (χ3n) is 6.05. The second-order valence-corrected chi connectivity index (χ2v) is 8.30. The number of hydrogen-bond acceptors (Lipinski definition) is 7. The van der Waals surface area contributed by atoms with Gasteiger partial charge in [0.25, 0.3) is 0 Å². The van der Waals surface area contributed by atoms with Gasteiger partial charge in [0.2, 0.25) is 0 Å². The molecule has 3 aromatic rings. The van der Waals surface area contributed by atoms with Crippen molar-refractivity contribution in [2.24, 2.45) is 7.05 Å². The van der Waals surface area contributed by atoms with E-state index in [1.165, 1.54) is 47.7 Å². The van der Waals surface area contributed by atoms with E-state index < -0.39 is 23.5 Å². The lowest BCUT2D eigenvalue weighted by Crippen LogP contribution is -2.45. The first kappa shape index (κ1) is 24.5. The van der Waals surface area contributed by atoms with E-state index in [1.807, 2.05) is 0 Å². The Morgan fingerprint density at radius 1 is 1.11 bits per heavy atom. The molecule has 186 valence electrons. The number of esters is 1. The fraction of sp³-hybridized carbons (Fsp3) is 0.391. The van der Waals surface area contributed by atoms with Gasteiger partial charge in [-0.15, -0.1) is 13.2 Å². The molecular formula is C23H23F3N4O5. The Hall–Kier alpha value is -3.67. The fourth-order valence-corrected chi connectivity index (χ4v) is 4.29. The molecule has 9 nitrogen and oxygen atoms in total. The maximum Gasteiger partial charge on any atom is 0.573 e. The van der Waals surface area contributed by atoms with Crippen molar-refractivity contribution in [1.29, 1.82) is 0 Å². The summed E-state index contributed by atoms with van der Waals surface area (Å²) < 4.78 is 48.2. The molecule has 0 amide bonds. The van der Waals surface area contributed by atoms with Crippen molar-refractivity contribution in [3.05, 3.63) is 68.4 Å². The van der Waals surface area contributed by atoms with Crippen LogP contribution in [0.5, 0.6) is 5.75 Å². The molecule has 0 N–H and O–H groups in total. The van der Waals surface area contributed by atoms with Crippen molar-refractivity contribution in [3.63, 3.8) is 0 Å². The molecule has 12 heteroatoms. The highest BCUT2D eigenvalue weighted by Gasteiger charge is 2.31. The van der Waals surface area contributed by atoms with Crippen LogP contribution < -0.4 is 15.9 Å². The minimum Gasteiger partial charge on any atom is -0.465 e. The molecule has 0 radical (unpaired) electrons. The lowest BCUT2D eigenvalue weighted by molar-refractivity contribution is -0.274. The van der Waals surface area contributed by atoms with Gasteiger partial charge in [0.05, 0.1) is 18.2 Å². The fourth-order valence-electron chi connectivity index (χ4n) is 4.29. The van der Waals surface area contributed by atoms with Gasteiger partial charge in [0.15, 0.2) is 5.65 Å². The summed E-state index contributed by atoms with van der Waals surface area (Å²) in [6.07, 6.45) is -2.29. The zero-order chi connectivity index (χ0) is 25.3. The lowest BCUT2D eigenvalue weighted by atomic mass is 10.0. The second kappa shape index (κ2) is 9.53. The quantitative estimate of drug-likeness (QED) is 0.399. The number of nitrogens with zero attached hydrogens (tertiary/aromatic N) is 4. The van der Waals surface area contributed by atoms with Crippen molar-refractivity contribution in [3.8, 4) is 5.75 Å². The maximum atomic E-state index is 12.9. The Kier molecular flexibility index (Phi) is 6.66. The van der Waals surface area contributed by atoms with Crippen LogP contribution in [-0.2, 0) is 18.3 Å². The third kappa shape index (κ3) is 5.21. The molecule has 0 spiro atoms. The Morgan fingerprint density at radius 3 is 2.37 bits per heavy atom. The number of likely N-dealkylation sites (tertiary alicyclic amines) is 1. The van der Waals surface area contributed by atoms with Gasteiger partial charge in [-0.2, -0.15) is 0 Å². The molecule has 2 aromatic heterocycles. The number of hydrogen-bond donors (Lipinski definition) is 0. The maximum absolute atomic E-state index is 12.9. The summed E-state index contributed by atoms with van der Waals surface area (Å²) in [7, 11) is 2.69. The van der Waals surface area contributed by atoms with E-state index in [9.17, 15) is 27.6 Å². The van der Waals surface area contributed by atoms with E-state index in [2.05, 4.69) is 14.6 Å². The van der Waals surface area contributed by atoms with Crippen molar-refractivity contribution < 1.29 is 27.4 Å². The number of methoxy groups -OCH3 is 1. The Labute approximate surface area is 197 Å². The summed E-state index contributed by atoms with van der Waals surface area (Å²) in [4.78, 5) is 43.8. The van der Waals surface area contributed by atoms with Crippen molar-refractivity contribution in [2.75, 3.05) is 20.2 Å². The molecular weight excluding hydrogens is 469 g/mol. The number of alkyl halides is 3. The molecule has 1 aliphatic rings. The number of fused-ring (bicyclic) bond motifs is 1. The molecule has 1 aromatic carbocycles. The van der Waals surface area contributed by atoms with Crippen molar-refractivity contribution in [2.45, 2.75) is 31.8 Å². The van der Waals surface area contributed by atoms with E-state index >= 15 is 0 Å². The molecule has 1 fully saturated rings. The number of carbonyl (C=O) groups excluding carboxylic acids is 1. The highest BCUT2D eigenvalue weighted by atomic mass is 19.4. The van der Waals surface area contributed by atoms with E-state index in [-0.39, 0.29) is 17.4 Å². The van der Waals surface area contributed by atoms with Crippen LogP contribution in [0.3, 0.4) is 0 Å². The molecule has 4 rings (SSSR count). The van der Waals surface area contributed by atoms with Crippen LogP contribution in [0, 0.1) is 0 Å². The first-order valence-corrected chi connectivity index (χ1v) is 10.8. The molecule has 35 heavy (non-hydrogen) atoms. The Morgan fingerprint density at radius 2 is 1.77 bits per heavy atom. The average Bonchev–Trinajstić information content (AvgIpc) is 2.83. The van der Waals surface area contributed by atoms with E-state index in [4.69, 9.17) is 4.74 Å². The second-order valence-electron chi connectivity index (χ2n) is 8.30. The summed E-state index contributed by atoms with van der Waals surface area (Å²) in [6, 6.07) is 6.91. The first-order valence-electron chi connectivity index (χ1n) is 10.8. The normalized spacial score (nSPS) is 15.3. The average molecular weight is 492 g/mol. The minimum absolute atomic E-state index is 0.168. The number of benzene rings is 1. The number of aryl methyl sites for hydroxylation is 1. The van der Waals surface area contributed by atoms with Gasteiger partial charge in [-0.25, -0.2) is 9.78 Å². The number of rotatable bonds is 5. The number of piperidine rings is 1. The summed E-state index contributed by atoms with van der Waals surface area (Å²) in [6.45, 7) is 1.73. The minimum atomic E-state index is -4.74. The summed E-state index contributed by atoms with van der Waals surface area (Å²) in [5.41, 5.74) is 0.249. The summed E-state index contributed by atoms with van der Waals surface area (Å²) in [5.74, 6) is -0.879. The molecule has 1 saturated heterocycles. The van der Waals surface area contributed by atoms with Crippen LogP contribution in [0.15, 0.2) is 46.1 Å². The van der Waals surface area contributed by atoms with E-state index in [1.54, 1.807) is 12.1 Å². The van der Waals surface area contributed by atoms with Crippen molar-refractivity contribution >= 4 is 17.1 Å². The molecule has 0 atom stereocenters. The Bertz CT molecular complexity index is 1360. The van der Waals surface area contributed by atoms with Crippen LogP contribution in [-0.4, -0.2) is 51.5 Å². The highest BCUT2D eigenvalue weighted by Crippen LogP contribution is 2.26. The SMILES string of the molecule is COC(=O)c1cnc2c(c1)n(C)c(=O)c(=O)n2C1CCN(Cc2ccc(OC(F)(F)F)cc2)CC1. The van der Waals surface area contributed by atoms with Crippen LogP contribution >= 0.6 is 0 Å². The van der Waals surface area contributed by atoms with Gasteiger partial charge in [0.1, 0.15) is 5.75 Å². The molecule has 0 saturated carbocycles. The number of halogens is 3. The molecule has 0 bridgehead atoms. The van der Waals surface area contributed by atoms with Gasteiger partial charge in [-0.05, 0) is 36.6 Å². The smallest absolute Gasteiger partial charge is 0.465 e. The highest BCUT2D eigenvalue weighted by molar-refractivity contribution is 5.92. The largest absolute Gasteiger partial charge is 0.573 e. The van der Waals surface area contributed by atoms with Gasteiger partial charge >= 0.3 is 23.5 Å². The van der Waals surface area contributed by atoms with E-state index in [0.717, 1.165) is 5.56 Å². The zero-order valence-corrected chi connectivity index (χ0v) is 19.0. The van der Waals surface area contributed by atoms with Crippen LogP contribution in [0.4, 0.5) is 13.2 Å². The predicted molar refractivity (Wildman–Crippen MR) is 119 cm³/mol. The van der Waals surface area contributed by atoms with Crippen LogP contribution in [0.25, 0.3) is 11.2 Å². The van der Waals surface area contributed by atoms with Crippen molar-refractivity contribution in [1.82, 2.24) is 19.0 Å². The molecule has 3 heterocycles. The Balaban J connectivity index is 1.51.